The number of aromatic nitrogens is 1. The molecular formula is C18H23N3O2. The van der Waals surface area contributed by atoms with Crippen LogP contribution in [0, 0.1) is 17.8 Å². The number of rotatable bonds is 5. The van der Waals surface area contributed by atoms with E-state index in [1.165, 1.54) is 20.0 Å². The fraction of sp³-hybridized carbons (Fsp3) is 0.500. The number of fused-ring (bicyclic) bond motifs is 2. The summed E-state index contributed by atoms with van der Waals surface area (Å²) in [7, 11) is 0. The van der Waals surface area contributed by atoms with E-state index in [1.807, 2.05) is 24.4 Å². The van der Waals surface area contributed by atoms with Gasteiger partial charge >= 0.3 is 0 Å². The molecule has 23 heavy (non-hydrogen) atoms. The van der Waals surface area contributed by atoms with Crippen molar-refractivity contribution in [2.75, 3.05) is 31.6 Å². The van der Waals surface area contributed by atoms with Gasteiger partial charge in [-0.3, -0.25) is 4.79 Å². The minimum Gasteiger partial charge on any atom is -0.493 e. The van der Waals surface area contributed by atoms with Crippen molar-refractivity contribution in [1.29, 1.82) is 0 Å². The average Bonchev–Trinajstić information content (AvgIpc) is 2.89. The van der Waals surface area contributed by atoms with Crippen LogP contribution in [0.4, 0.5) is 5.69 Å². The number of hydrogen-bond acceptors (Lipinski definition) is 3. The number of anilines is 1. The Morgan fingerprint density at radius 2 is 2.17 bits per heavy atom. The fourth-order valence-electron chi connectivity index (χ4n) is 3.92. The lowest BCUT2D eigenvalue weighted by Crippen LogP contribution is -2.25. The van der Waals surface area contributed by atoms with Gasteiger partial charge in [-0.2, -0.15) is 0 Å². The van der Waals surface area contributed by atoms with E-state index < -0.39 is 0 Å². The van der Waals surface area contributed by atoms with Gasteiger partial charge in [0.25, 0.3) is 0 Å². The minimum atomic E-state index is -0.0662. The third kappa shape index (κ3) is 2.70. The van der Waals surface area contributed by atoms with E-state index in [0.29, 0.717) is 0 Å². The normalized spacial score (nSPS) is 26.3. The molecule has 1 amide bonds. The first kappa shape index (κ1) is 14.6. The van der Waals surface area contributed by atoms with Crippen molar-refractivity contribution < 1.29 is 9.53 Å². The Morgan fingerprint density at radius 1 is 1.39 bits per heavy atom. The van der Waals surface area contributed by atoms with Gasteiger partial charge in [0, 0.05) is 43.0 Å². The van der Waals surface area contributed by atoms with E-state index in [9.17, 15) is 4.79 Å². The first-order valence-corrected chi connectivity index (χ1v) is 8.39. The van der Waals surface area contributed by atoms with Gasteiger partial charge in [-0.1, -0.05) is 6.92 Å². The summed E-state index contributed by atoms with van der Waals surface area (Å²) in [5, 5.41) is 3.84. The van der Waals surface area contributed by atoms with Crippen molar-refractivity contribution in [3.63, 3.8) is 0 Å². The third-order valence-corrected chi connectivity index (χ3v) is 5.30. The monoisotopic (exact) mass is 313 g/mol. The molecule has 2 aliphatic rings. The van der Waals surface area contributed by atoms with E-state index in [1.54, 1.807) is 0 Å². The topological polar surface area (TPSA) is 57.4 Å². The molecular weight excluding hydrogens is 290 g/mol. The molecule has 0 spiro atoms. The predicted octanol–water partition coefficient (Wildman–Crippen LogP) is 2.70. The Morgan fingerprint density at radius 3 is 2.87 bits per heavy atom. The molecule has 1 aliphatic heterocycles. The molecule has 0 radical (unpaired) electrons. The zero-order valence-corrected chi connectivity index (χ0v) is 13.6. The number of likely N-dealkylation sites (tertiary alicyclic amines) is 1. The van der Waals surface area contributed by atoms with Crippen LogP contribution in [0.15, 0.2) is 24.4 Å². The van der Waals surface area contributed by atoms with Crippen LogP contribution in [0.3, 0.4) is 0 Å². The highest BCUT2D eigenvalue weighted by Crippen LogP contribution is 2.51. The van der Waals surface area contributed by atoms with Crippen LogP contribution in [0.1, 0.15) is 13.8 Å². The second-order valence-electron chi connectivity index (χ2n) is 6.75. The number of nitrogens with zero attached hydrogens (tertiary/aromatic N) is 1. The zero-order chi connectivity index (χ0) is 16.0. The SMILES string of the molecule is CCN1C[C@@H]2C(COc3ccc4[nH]cc(NC(C)=O)c4c3)[C@@H]2C1. The molecule has 2 N–H and O–H groups in total. The van der Waals surface area contributed by atoms with E-state index in [0.717, 1.165) is 53.2 Å². The van der Waals surface area contributed by atoms with Crippen molar-refractivity contribution in [3.8, 4) is 5.75 Å². The summed E-state index contributed by atoms with van der Waals surface area (Å²) < 4.78 is 6.03. The summed E-state index contributed by atoms with van der Waals surface area (Å²) >= 11 is 0. The smallest absolute Gasteiger partial charge is 0.221 e. The van der Waals surface area contributed by atoms with Crippen LogP contribution in [-0.2, 0) is 4.79 Å². The maximum absolute atomic E-state index is 11.3. The first-order chi connectivity index (χ1) is 11.2. The number of amides is 1. The number of ether oxygens (including phenoxy) is 1. The van der Waals surface area contributed by atoms with Gasteiger partial charge in [0.1, 0.15) is 5.75 Å². The largest absolute Gasteiger partial charge is 0.493 e. The van der Waals surface area contributed by atoms with Crippen LogP contribution < -0.4 is 10.1 Å². The molecule has 1 unspecified atom stereocenters. The highest BCUT2D eigenvalue weighted by atomic mass is 16.5. The fourth-order valence-corrected chi connectivity index (χ4v) is 3.92. The molecule has 4 rings (SSSR count). The summed E-state index contributed by atoms with van der Waals surface area (Å²) in [6.07, 6.45) is 1.82. The molecule has 1 aliphatic carbocycles. The lowest BCUT2D eigenvalue weighted by Gasteiger charge is -2.17. The molecule has 5 nitrogen and oxygen atoms in total. The van der Waals surface area contributed by atoms with E-state index in [-0.39, 0.29) is 5.91 Å². The van der Waals surface area contributed by atoms with E-state index >= 15 is 0 Å². The predicted molar refractivity (Wildman–Crippen MR) is 90.7 cm³/mol. The van der Waals surface area contributed by atoms with Gasteiger partial charge in [-0.15, -0.1) is 0 Å². The van der Waals surface area contributed by atoms with E-state index in [4.69, 9.17) is 4.74 Å². The first-order valence-electron chi connectivity index (χ1n) is 8.39. The number of H-pyrrole nitrogens is 1. The number of carbonyl (C=O) groups excluding carboxylic acids is 1. The Kier molecular flexibility index (Phi) is 3.53. The van der Waals surface area contributed by atoms with E-state index in [2.05, 4.69) is 22.1 Å². The highest BCUT2D eigenvalue weighted by molar-refractivity contribution is 6.01. The second-order valence-corrected chi connectivity index (χ2v) is 6.75. The number of aromatic amines is 1. The van der Waals surface area contributed by atoms with Gasteiger partial charge in [0.15, 0.2) is 0 Å². The number of carbonyl (C=O) groups is 1. The highest BCUT2D eigenvalue weighted by Gasteiger charge is 2.55. The standard InChI is InChI=1S/C18H23N3O2/c1-3-21-8-14-15(9-21)16(14)10-23-12-4-5-17-13(6-12)18(7-19-17)20-11(2)22/h4-7,14-16,19H,3,8-10H2,1-2H3,(H,20,22)/t14-,15+,16?. The Balaban J connectivity index is 1.41. The average molecular weight is 313 g/mol. The Labute approximate surface area is 136 Å². The van der Waals surface area contributed by atoms with Crippen LogP contribution in [0.5, 0.6) is 5.75 Å². The van der Waals surface area contributed by atoms with Gasteiger partial charge in [0.2, 0.25) is 5.91 Å². The summed E-state index contributed by atoms with van der Waals surface area (Å²) in [6, 6.07) is 6.00. The van der Waals surface area contributed by atoms with Crippen molar-refractivity contribution in [1.82, 2.24) is 9.88 Å². The third-order valence-electron chi connectivity index (χ3n) is 5.30. The molecule has 2 fully saturated rings. The Hall–Kier alpha value is -2.01. The molecule has 2 heterocycles. The molecule has 122 valence electrons. The number of hydrogen-bond donors (Lipinski definition) is 2. The number of benzene rings is 1. The molecule has 1 saturated carbocycles. The second kappa shape index (κ2) is 5.57. The molecule has 5 heteroatoms. The van der Waals surface area contributed by atoms with Crippen LogP contribution in [-0.4, -0.2) is 42.0 Å². The number of piperidine rings is 1. The molecule has 1 aromatic carbocycles. The van der Waals surface area contributed by atoms with Crippen LogP contribution in [0.2, 0.25) is 0 Å². The van der Waals surface area contributed by atoms with Crippen molar-refractivity contribution in [2.24, 2.45) is 17.8 Å². The molecule has 2 aromatic rings. The van der Waals surface area contributed by atoms with Gasteiger partial charge in [-0.05, 0) is 36.6 Å². The lowest BCUT2D eigenvalue weighted by atomic mass is 10.2. The molecule has 1 aromatic heterocycles. The summed E-state index contributed by atoms with van der Waals surface area (Å²) in [4.78, 5) is 17.0. The lowest BCUT2D eigenvalue weighted by molar-refractivity contribution is -0.114. The van der Waals surface area contributed by atoms with Crippen molar-refractivity contribution >= 4 is 22.5 Å². The van der Waals surface area contributed by atoms with Gasteiger partial charge in [0.05, 0.1) is 12.3 Å². The van der Waals surface area contributed by atoms with Gasteiger partial charge in [-0.25, -0.2) is 0 Å². The van der Waals surface area contributed by atoms with Crippen molar-refractivity contribution in [2.45, 2.75) is 13.8 Å². The molecule has 1 saturated heterocycles. The van der Waals surface area contributed by atoms with Crippen LogP contribution >= 0.6 is 0 Å². The van der Waals surface area contributed by atoms with Crippen molar-refractivity contribution in [3.05, 3.63) is 24.4 Å². The quantitative estimate of drug-likeness (QED) is 0.892. The zero-order valence-electron chi connectivity index (χ0n) is 13.6. The number of nitrogens with one attached hydrogen (secondary N) is 2. The van der Waals surface area contributed by atoms with Crippen LogP contribution in [0.25, 0.3) is 10.9 Å². The minimum absolute atomic E-state index is 0.0662. The summed E-state index contributed by atoms with van der Waals surface area (Å²) in [6.45, 7) is 8.19. The summed E-state index contributed by atoms with van der Waals surface area (Å²) in [5.74, 6) is 3.20. The molecule has 3 atom stereocenters. The summed E-state index contributed by atoms with van der Waals surface area (Å²) in [5.41, 5.74) is 1.81. The Bertz CT molecular complexity index is 727. The molecule has 0 bridgehead atoms. The maximum atomic E-state index is 11.3. The maximum Gasteiger partial charge on any atom is 0.221 e. The van der Waals surface area contributed by atoms with Gasteiger partial charge < -0.3 is 19.9 Å².